The van der Waals surface area contributed by atoms with E-state index in [-0.39, 0.29) is 0 Å². The Bertz CT molecular complexity index is 377. The van der Waals surface area contributed by atoms with Crippen LogP contribution in [0.15, 0.2) is 0 Å². The molecule has 1 aromatic rings. The van der Waals surface area contributed by atoms with E-state index in [4.69, 9.17) is 0 Å². The smallest absolute Gasteiger partial charge is 0.149 e. The molecule has 4 heteroatoms. The fourth-order valence-electron chi connectivity index (χ4n) is 3.20. The van der Waals surface area contributed by atoms with Gasteiger partial charge in [0.25, 0.3) is 0 Å². The molecule has 1 aromatic heterocycles. The van der Waals surface area contributed by atoms with Gasteiger partial charge in [-0.15, -0.1) is 10.2 Å². The first kappa shape index (κ1) is 11.2. The van der Waals surface area contributed by atoms with Gasteiger partial charge in [-0.2, -0.15) is 0 Å². The maximum Gasteiger partial charge on any atom is 0.149 e. The highest BCUT2D eigenvalue weighted by Gasteiger charge is 2.26. The SMILES string of the molecule is CC1NCCn2c(C3CCCCCC3)nnc21. The molecule has 1 saturated carbocycles. The Hall–Kier alpha value is -0.900. The summed E-state index contributed by atoms with van der Waals surface area (Å²) in [5.41, 5.74) is 0. The maximum absolute atomic E-state index is 4.49. The minimum atomic E-state index is 0.357. The lowest BCUT2D eigenvalue weighted by Crippen LogP contribution is -2.33. The van der Waals surface area contributed by atoms with Gasteiger partial charge in [-0.25, -0.2) is 0 Å². The number of rotatable bonds is 1. The van der Waals surface area contributed by atoms with Crippen LogP contribution >= 0.6 is 0 Å². The Labute approximate surface area is 103 Å². The van der Waals surface area contributed by atoms with Gasteiger partial charge in [-0.1, -0.05) is 25.7 Å². The van der Waals surface area contributed by atoms with E-state index in [1.54, 1.807) is 0 Å². The van der Waals surface area contributed by atoms with Crippen LogP contribution in [0.1, 0.15) is 69.1 Å². The lowest BCUT2D eigenvalue weighted by atomic mass is 9.99. The predicted octanol–water partition coefficient (Wildman–Crippen LogP) is 2.38. The van der Waals surface area contributed by atoms with E-state index in [0.717, 1.165) is 18.9 Å². The van der Waals surface area contributed by atoms with Crippen molar-refractivity contribution < 1.29 is 0 Å². The van der Waals surface area contributed by atoms with Crippen LogP contribution in [0.5, 0.6) is 0 Å². The summed E-state index contributed by atoms with van der Waals surface area (Å²) in [6.45, 7) is 4.26. The van der Waals surface area contributed by atoms with Crippen LogP contribution in [0.3, 0.4) is 0 Å². The van der Waals surface area contributed by atoms with Gasteiger partial charge in [0.05, 0.1) is 6.04 Å². The molecule has 1 aliphatic heterocycles. The molecule has 0 aromatic carbocycles. The van der Waals surface area contributed by atoms with Gasteiger partial charge in [0.15, 0.2) is 0 Å². The van der Waals surface area contributed by atoms with Crippen LogP contribution in [-0.4, -0.2) is 21.3 Å². The van der Waals surface area contributed by atoms with E-state index >= 15 is 0 Å². The molecule has 0 amide bonds. The van der Waals surface area contributed by atoms with Crippen molar-refractivity contribution in [3.63, 3.8) is 0 Å². The number of nitrogens with one attached hydrogen (secondary N) is 1. The summed E-state index contributed by atoms with van der Waals surface area (Å²) in [7, 11) is 0. The van der Waals surface area contributed by atoms with Crippen LogP contribution < -0.4 is 5.32 Å². The third-order valence-corrected chi connectivity index (χ3v) is 4.20. The van der Waals surface area contributed by atoms with Crippen LogP contribution in [-0.2, 0) is 6.54 Å². The Morgan fingerprint density at radius 3 is 2.53 bits per heavy atom. The van der Waals surface area contributed by atoms with Gasteiger partial charge in [0.1, 0.15) is 11.6 Å². The Kier molecular flexibility index (Phi) is 3.14. The molecule has 0 radical (unpaired) electrons. The molecule has 1 unspecified atom stereocenters. The minimum absolute atomic E-state index is 0.357. The molecular formula is C13H22N4. The van der Waals surface area contributed by atoms with E-state index in [0.29, 0.717) is 12.0 Å². The van der Waals surface area contributed by atoms with Crippen molar-refractivity contribution in [2.45, 2.75) is 64.0 Å². The average molecular weight is 234 g/mol. The number of hydrogen-bond donors (Lipinski definition) is 1. The van der Waals surface area contributed by atoms with E-state index < -0.39 is 0 Å². The molecule has 3 rings (SSSR count). The quantitative estimate of drug-likeness (QED) is 0.759. The summed E-state index contributed by atoms with van der Waals surface area (Å²) in [5.74, 6) is 3.05. The molecule has 1 aliphatic carbocycles. The number of hydrogen-bond acceptors (Lipinski definition) is 3. The number of nitrogens with zero attached hydrogens (tertiary/aromatic N) is 3. The van der Waals surface area contributed by atoms with E-state index in [2.05, 4.69) is 27.0 Å². The van der Waals surface area contributed by atoms with Gasteiger partial charge in [0.2, 0.25) is 0 Å². The van der Waals surface area contributed by atoms with Gasteiger partial charge in [-0.05, 0) is 19.8 Å². The largest absolute Gasteiger partial charge is 0.312 e. The van der Waals surface area contributed by atoms with E-state index in [9.17, 15) is 0 Å². The summed E-state index contributed by atoms with van der Waals surface area (Å²) >= 11 is 0. The van der Waals surface area contributed by atoms with Gasteiger partial charge < -0.3 is 9.88 Å². The first-order valence-electron chi connectivity index (χ1n) is 7.02. The van der Waals surface area contributed by atoms with Crippen LogP contribution in [0.25, 0.3) is 0 Å². The summed E-state index contributed by atoms with van der Waals surface area (Å²) in [4.78, 5) is 0. The van der Waals surface area contributed by atoms with Crippen LogP contribution in [0, 0.1) is 0 Å². The zero-order chi connectivity index (χ0) is 11.7. The van der Waals surface area contributed by atoms with Crippen molar-refractivity contribution in [1.82, 2.24) is 20.1 Å². The molecule has 17 heavy (non-hydrogen) atoms. The van der Waals surface area contributed by atoms with Crippen molar-refractivity contribution >= 4 is 0 Å². The maximum atomic E-state index is 4.49. The van der Waals surface area contributed by atoms with Crippen LogP contribution in [0.2, 0.25) is 0 Å². The molecule has 1 fully saturated rings. The zero-order valence-electron chi connectivity index (χ0n) is 10.7. The van der Waals surface area contributed by atoms with Crippen molar-refractivity contribution in [2.24, 2.45) is 0 Å². The number of aromatic nitrogens is 3. The summed E-state index contributed by atoms with van der Waals surface area (Å²) in [5, 5.41) is 12.3. The molecule has 0 saturated heterocycles. The molecule has 2 heterocycles. The fraction of sp³-hybridized carbons (Fsp3) is 0.846. The highest BCUT2D eigenvalue weighted by Crippen LogP contribution is 2.32. The molecule has 94 valence electrons. The second kappa shape index (κ2) is 4.77. The standard InChI is InChI=1S/C13H22N4/c1-10-12-15-16-13(17(12)9-8-14-10)11-6-4-2-3-5-7-11/h10-11,14H,2-9H2,1H3. The second-order valence-corrected chi connectivity index (χ2v) is 5.43. The second-order valence-electron chi connectivity index (χ2n) is 5.43. The number of fused-ring (bicyclic) bond motifs is 1. The first-order valence-corrected chi connectivity index (χ1v) is 7.02. The first-order chi connectivity index (χ1) is 8.36. The molecule has 0 bridgehead atoms. The lowest BCUT2D eigenvalue weighted by Gasteiger charge is -2.24. The lowest BCUT2D eigenvalue weighted by molar-refractivity contribution is 0.416. The Morgan fingerprint density at radius 1 is 1.06 bits per heavy atom. The van der Waals surface area contributed by atoms with E-state index in [1.807, 2.05) is 0 Å². The molecule has 1 atom stereocenters. The van der Waals surface area contributed by atoms with Crippen molar-refractivity contribution in [3.05, 3.63) is 11.6 Å². The highest BCUT2D eigenvalue weighted by atomic mass is 15.3. The Morgan fingerprint density at radius 2 is 1.76 bits per heavy atom. The molecular weight excluding hydrogens is 212 g/mol. The van der Waals surface area contributed by atoms with Gasteiger partial charge >= 0.3 is 0 Å². The van der Waals surface area contributed by atoms with Crippen LogP contribution in [0.4, 0.5) is 0 Å². The topological polar surface area (TPSA) is 42.7 Å². The zero-order valence-corrected chi connectivity index (χ0v) is 10.7. The van der Waals surface area contributed by atoms with Crippen molar-refractivity contribution in [2.75, 3.05) is 6.54 Å². The average Bonchev–Trinajstić information content (AvgIpc) is 2.59. The molecule has 0 spiro atoms. The highest BCUT2D eigenvalue weighted by molar-refractivity contribution is 5.07. The monoisotopic (exact) mass is 234 g/mol. The van der Waals surface area contributed by atoms with Gasteiger partial charge in [0, 0.05) is 19.0 Å². The third kappa shape index (κ3) is 2.10. The fourth-order valence-corrected chi connectivity index (χ4v) is 3.20. The molecule has 1 N–H and O–H groups in total. The van der Waals surface area contributed by atoms with Gasteiger partial charge in [-0.3, -0.25) is 0 Å². The Balaban J connectivity index is 1.87. The molecule has 2 aliphatic rings. The van der Waals surface area contributed by atoms with Crippen molar-refractivity contribution in [1.29, 1.82) is 0 Å². The normalized spacial score (nSPS) is 26.5. The third-order valence-electron chi connectivity index (χ3n) is 4.20. The predicted molar refractivity (Wildman–Crippen MR) is 66.9 cm³/mol. The summed E-state index contributed by atoms with van der Waals surface area (Å²) in [6, 6.07) is 0.357. The van der Waals surface area contributed by atoms with E-state index in [1.165, 1.54) is 44.3 Å². The summed E-state index contributed by atoms with van der Waals surface area (Å²) in [6.07, 6.45) is 8.13. The molecule has 4 nitrogen and oxygen atoms in total. The minimum Gasteiger partial charge on any atom is -0.312 e. The van der Waals surface area contributed by atoms with Crippen molar-refractivity contribution in [3.8, 4) is 0 Å². The summed E-state index contributed by atoms with van der Waals surface area (Å²) < 4.78 is 2.37.